The molecule has 1 N–H and O–H groups in total. The van der Waals surface area contributed by atoms with E-state index in [2.05, 4.69) is 125 Å². The Morgan fingerprint density at radius 3 is 1.48 bits per heavy atom. The molecule has 0 bridgehead atoms. The average Bonchev–Trinajstić information content (AvgIpc) is 3.29. The molecule has 0 saturated heterocycles. The summed E-state index contributed by atoms with van der Waals surface area (Å²) in [5, 5.41) is 5.78. The molecule has 0 saturated carbocycles. The maximum absolute atomic E-state index is 17.0. The standard InChI is InChI=1S/C54H63FN2O3Si/c1-43(2)38-39-57(52(58)59-41-44-24-12-6-13-25-44)49(42-60-61(53(3,4)5,50-32-20-10-21-33-50)51-34-22-11-23-35-51)37-36-48(55)40-56-54(45-26-14-7-15-27-45,46-28-16-8-17-29-46)47-30-18-9-19-31-47/h6-35,43,48-49,56H,36-42H2,1-5H3/t48?,49-/m0/s1. The van der Waals surface area contributed by atoms with Crippen molar-refractivity contribution in [3.63, 3.8) is 0 Å². The van der Waals surface area contributed by atoms with Crippen molar-refractivity contribution in [3.8, 4) is 0 Å². The second kappa shape index (κ2) is 21.4. The number of nitrogens with zero attached hydrogens (tertiary/aromatic N) is 1. The number of rotatable bonds is 20. The number of carbonyl (C=O) groups excluding carboxylic acids is 1. The highest BCUT2D eigenvalue weighted by atomic mass is 28.4. The van der Waals surface area contributed by atoms with E-state index in [4.69, 9.17) is 9.16 Å². The van der Waals surface area contributed by atoms with Crippen molar-refractivity contribution in [2.45, 2.75) is 83.3 Å². The van der Waals surface area contributed by atoms with E-state index in [1.54, 1.807) is 0 Å². The molecule has 0 aliphatic carbocycles. The molecule has 0 heterocycles. The Balaban J connectivity index is 1.34. The highest BCUT2D eigenvalue weighted by molar-refractivity contribution is 6.99. The Labute approximate surface area is 365 Å². The van der Waals surface area contributed by atoms with Gasteiger partial charge < -0.3 is 14.1 Å². The fraction of sp³-hybridized carbons (Fsp3) is 0.315. The Hall–Kier alpha value is -5.34. The molecule has 0 radical (unpaired) electrons. The van der Waals surface area contributed by atoms with E-state index >= 15 is 4.39 Å². The van der Waals surface area contributed by atoms with Crippen molar-refractivity contribution in [2.24, 2.45) is 5.92 Å². The lowest BCUT2D eigenvalue weighted by Crippen LogP contribution is -2.67. The first-order valence-corrected chi connectivity index (χ1v) is 23.7. The molecule has 6 aromatic carbocycles. The Kier molecular flexibility index (Phi) is 15.9. The molecule has 318 valence electrons. The van der Waals surface area contributed by atoms with E-state index in [9.17, 15) is 4.79 Å². The third kappa shape index (κ3) is 11.1. The number of hydrogen-bond acceptors (Lipinski definition) is 4. The topological polar surface area (TPSA) is 50.8 Å². The second-order valence-electron chi connectivity index (χ2n) is 17.4. The molecule has 1 unspecified atom stereocenters. The van der Waals surface area contributed by atoms with Crippen LogP contribution in [0, 0.1) is 5.92 Å². The van der Waals surface area contributed by atoms with Gasteiger partial charge in [-0.05, 0) is 62.8 Å². The first kappa shape index (κ1) is 45.2. The molecular formula is C54H63FN2O3Si. The lowest BCUT2D eigenvalue weighted by Gasteiger charge is -2.44. The lowest BCUT2D eigenvalue weighted by molar-refractivity contribution is 0.0591. The summed E-state index contributed by atoms with van der Waals surface area (Å²) in [6, 6.07) is 61.2. The number of ether oxygens (including phenoxy) is 1. The summed E-state index contributed by atoms with van der Waals surface area (Å²) >= 11 is 0. The van der Waals surface area contributed by atoms with Crippen LogP contribution in [0.25, 0.3) is 0 Å². The van der Waals surface area contributed by atoms with Gasteiger partial charge in [0.05, 0.1) is 18.2 Å². The highest BCUT2D eigenvalue weighted by Gasteiger charge is 2.50. The predicted molar refractivity (Wildman–Crippen MR) is 251 cm³/mol. The van der Waals surface area contributed by atoms with Crippen LogP contribution in [0.2, 0.25) is 5.04 Å². The highest BCUT2D eigenvalue weighted by Crippen LogP contribution is 2.38. The van der Waals surface area contributed by atoms with E-state index in [0.717, 1.165) is 39.0 Å². The third-order valence-electron chi connectivity index (χ3n) is 11.8. The van der Waals surface area contributed by atoms with Crippen molar-refractivity contribution >= 4 is 24.8 Å². The molecule has 61 heavy (non-hydrogen) atoms. The van der Waals surface area contributed by atoms with Gasteiger partial charge in [-0.15, -0.1) is 0 Å². The molecule has 7 heteroatoms. The summed E-state index contributed by atoms with van der Waals surface area (Å²) in [7, 11) is -3.00. The smallest absolute Gasteiger partial charge is 0.410 e. The van der Waals surface area contributed by atoms with Crippen LogP contribution >= 0.6 is 0 Å². The van der Waals surface area contributed by atoms with Gasteiger partial charge in [-0.1, -0.05) is 217 Å². The molecule has 0 spiro atoms. The van der Waals surface area contributed by atoms with Crippen LogP contribution in [-0.2, 0) is 21.3 Å². The van der Waals surface area contributed by atoms with Gasteiger partial charge in [-0.2, -0.15) is 0 Å². The van der Waals surface area contributed by atoms with Crippen molar-refractivity contribution in [1.29, 1.82) is 0 Å². The largest absolute Gasteiger partial charge is 0.445 e. The van der Waals surface area contributed by atoms with Crippen LogP contribution in [0.4, 0.5) is 9.18 Å². The molecule has 2 atom stereocenters. The number of alkyl halides is 1. The zero-order valence-electron chi connectivity index (χ0n) is 36.6. The first-order valence-electron chi connectivity index (χ1n) is 21.8. The third-order valence-corrected chi connectivity index (χ3v) is 16.8. The number of amides is 1. The zero-order valence-corrected chi connectivity index (χ0v) is 37.6. The number of halogens is 1. The fourth-order valence-corrected chi connectivity index (χ4v) is 13.1. The van der Waals surface area contributed by atoms with Crippen LogP contribution in [0.15, 0.2) is 182 Å². The molecule has 5 nitrogen and oxygen atoms in total. The Morgan fingerprint density at radius 2 is 1.05 bits per heavy atom. The minimum absolute atomic E-state index is 0.0887. The van der Waals surface area contributed by atoms with Crippen LogP contribution in [0.3, 0.4) is 0 Å². The summed E-state index contributed by atoms with van der Waals surface area (Å²) in [5.74, 6) is 0.336. The summed E-state index contributed by atoms with van der Waals surface area (Å²) in [4.78, 5) is 16.2. The summed E-state index contributed by atoms with van der Waals surface area (Å²) in [5.41, 5.74) is 3.18. The summed E-state index contributed by atoms with van der Waals surface area (Å²) < 4.78 is 30.5. The molecule has 0 fully saturated rings. The van der Waals surface area contributed by atoms with E-state index in [0.29, 0.717) is 18.9 Å². The summed E-state index contributed by atoms with van der Waals surface area (Å²) in [6.45, 7) is 12.0. The van der Waals surface area contributed by atoms with Gasteiger partial charge in [0.25, 0.3) is 8.32 Å². The number of carbonyl (C=O) groups is 1. The van der Waals surface area contributed by atoms with Crippen molar-refractivity contribution in [3.05, 3.63) is 204 Å². The fourth-order valence-electron chi connectivity index (χ4n) is 8.54. The van der Waals surface area contributed by atoms with Crippen molar-refractivity contribution in [1.82, 2.24) is 10.2 Å². The monoisotopic (exact) mass is 834 g/mol. The van der Waals surface area contributed by atoms with Gasteiger partial charge in [-0.3, -0.25) is 5.32 Å². The van der Waals surface area contributed by atoms with Crippen LogP contribution in [-0.4, -0.2) is 51.2 Å². The number of nitrogens with one attached hydrogen (secondary N) is 1. The second-order valence-corrected chi connectivity index (χ2v) is 21.8. The molecule has 1 amide bonds. The van der Waals surface area contributed by atoms with E-state index in [-0.39, 0.29) is 31.2 Å². The molecule has 6 aromatic rings. The summed E-state index contributed by atoms with van der Waals surface area (Å²) in [6.07, 6.45) is -0.289. The van der Waals surface area contributed by atoms with Crippen molar-refractivity contribution < 1.29 is 18.3 Å². The lowest BCUT2D eigenvalue weighted by atomic mass is 9.77. The minimum atomic E-state index is -3.00. The normalized spacial score (nSPS) is 13.1. The van der Waals surface area contributed by atoms with Gasteiger partial charge in [0.15, 0.2) is 0 Å². The molecular weight excluding hydrogens is 772 g/mol. The Morgan fingerprint density at radius 1 is 0.623 bits per heavy atom. The SMILES string of the molecule is CC(C)CCN(C(=O)OCc1ccccc1)[C@@H](CCC(F)CNC(c1ccccc1)(c1ccccc1)c1ccccc1)CO[Si](c1ccccc1)(c1ccccc1)C(C)(C)C. The maximum atomic E-state index is 17.0. The van der Waals surface area contributed by atoms with Crippen LogP contribution in [0.1, 0.15) is 76.1 Å². The van der Waals surface area contributed by atoms with Gasteiger partial charge in [-0.25, -0.2) is 9.18 Å². The maximum Gasteiger partial charge on any atom is 0.410 e. The van der Waals surface area contributed by atoms with Crippen molar-refractivity contribution in [2.75, 3.05) is 19.7 Å². The molecule has 0 aliphatic rings. The van der Waals surface area contributed by atoms with E-state index in [1.807, 2.05) is 102 Å². The van der Waals surface area contributed by atoms with Crippen LogP contribution in [0.5, 0.6) is 0 Å². The average molecular weight is 835 g/mol. The van der Waals surface area contributed by atoms with Crippen LogP contribution < -0.4 is 15.7 Å². The predicted octanol–water partition coefficient (Wildman–Crippen LogP) is 11.3. The number of benzene rings is 6. The van der Waals surface area contributed by atoms with E-state index < -0.39 is 32.2 Å². The Bertz CT molecular complexity index is 2030. The quantitative estimate of drug-likeness (QED) is 0.0615. The van der Waals surface area contributed by atoms with Gasteiger partial charge in [0, 0.05) is 13.1 Å². The zero-order chi connectivity index (χ0) is 43.1. The number of hydrogen-bond donors (Lipinski definition) is 1. The van der Waals surface area contributed by atoms with Gasteiger partial charge in [0.2, 0.25) is 0 Å². The molecule has 0 aromatic heterocycles. The van der Waals surface area contributed by atoms with Gasteiger partial charge >= 0.3 is 6.09 Å². The first-order chi connectivity index (χ1) is 29.5. The van der Waals surface area contributed by atoms with E-state index in [1.165, 1.54) is 0 Å². The molecule has 0 aliphatic heterocycles. The minimum Gasteiger partial charge on any atom is -0.445 e. The van der Waals surface area contributed by atoms with Gasteiger partial charge in [0.1, 0.15) is 12.8 Å². The molecule has 6 rings (SSSR count).